The molecule has 0 saturated heterocycles. The molecule has 0 rings (SSSR count). The van der Waals surface area contributed by atoms with Gasteiger partial charge in [0.1, 0.15) is 6.61 Å². The number of ether oxygens (including phenoxy) is 2. The fourth-order valence-corrected chi connectivity index (χ4v) is 6.70. The maximum Gasteiger partial charge on any atom is 0.472 e. The predicted molar refractivity (Wildman–Crippen MR) is 197 cm³/mol. The lowest BCUT2D eigenvalue weighted by atomic mass is 10.0. The van der Waals surface area contributed by atoms with E-state index in [0.717, 1.165) is 19.3 Å². The van der Waals surface area contributed by atoms with Crippen molar-refractivity contribution in [3.63, 3.8) is 0 Å². The zero-order chi connectivity index (χ0) is 35.4. The molecule has 0 aromatic carbocycles. The molecule has 0 fully saturated rings. The zero-order valence-corrected chi connectivity index (χ0v) is 32.1. The van der Waals surface area contributed by atoms with Crippen LogP contribution in [0.5, 0.6) is 0 Å². The minimum atomic E-state index is -4.32. The fraction of sp³-hybridized carbons (Fsp3) is 0.947. The van der Waals surface area contributed by atoms with Crippen molar-refractivity contribution >= 4 is 19.8 Å². The van der Waals surface area contributed by atoms with Crippen molar-refractivity contribution in [2.75, 3.05) is 26.4 Å². The summed E-state index contributed by atoms with van der Waals surface area (Å²) in [6.07, 6.45) is 37.0. The van der Waals surface area contributed by atoms with E-state index in [1.54, 1.807) is 0 Å². The molecule has 0 radical (unpaired) electrons. The Hall–Kier alpha value is -0.990. The van der Waals surface area contributed by atoms with Crippen LogP contribution in [0.4, 0.5) is 0 Å². The number of esters is 2. The molecule has 0 heterocycles. The third-order valence-electron chi connectivity index (χ3n) is 8.79. The molecule has 0 aliphatic heterocycles. The molecule has 0 aliphatic rings. The second kappa shape index (κ2) is 35.8. The van der Waals surface area contributed by atoms with E-state index in [1.165, 1.54) is 167 Å². The van der Waals surface area contributed by atoms with E-state index >= 15 is 0 Å². The number of hydrogen-bond donors (Lipinski definition) is 2. The van der Waals surface area contributed by atoms with Gasteiger partial charge in [-0.1, -0.05) is 180 Å². The summed E-state index contributed by atoms with van der Waals surface area (Å²) in [5.74, 6) is -1.01. The van der Waals surface area contributed by atoms with E-state index in [1.807, 2.05) is 0 Å². The van der Waals surface area contributed by atoms with Gasteiger partial charge in [0, 0.05) is 19.9 Å². The zero-order valence-electron chi connectivity index (χ0n) is 31.2. The first-order valence-electron chi connectivity index (χ1n) is 20.0. The molecule has 0 amide bonds. The van der Waals surface area contributed by atoms with Gasteiger partial charge < -0.3 is 20.1 Å². The molecule has 0 spiro atoms. The first-order chi connectivity index (χ1) is 23.3. The van der Waals surface area contributed by atoms with Gasteiger partial charge in [-0.3, -0.25) is 18.6 Å². The van der Waals surface area contributed by atoms with Crippen molar-refractivity contribution in [3.05, 3.63) is 0 Å². The first kappa shape index (κ1) is 47.0. The molecule has 1 unspecified atom stereocenters. The van der Waals surface area contributed by atoms with Crippen LogP contribution in [0, 0.1) is 0 Å². The van der Waals surface area contributed by atoms with Crippen molar-refractivity contribution in [1.82, 2.24) is 0 Å². The van der Waals surface area contributed by atoms with E-state index in [0.29, 0.717) is 0 Å². The highest BCUT2D eigenvalue weighted by Crippen LogP contribution is 2.43. The van der Waals surface area contributed by atoms with Crippen LogP contribution in [0.15, 0.2) is 0 Å². The maximum absolute atomic E-state index is 12.1. The van der Waals surface area contributed by atoms with Gasteiger partial charge >= 0.3 is 19.8 Å². The first-order valence-corrected chi connectivity index (χ1v) is 21.4. The van der Waals surface area contributed by atoms with E-state index in [9.17, 15) is 19.0 Å². The number of carbonyl (C=O) groups excluding carboxylic acids is 2. The van der Waals surface area contributed by atoms with Crippen molar-refractivity contribution < 1.29 is 37.6 Å². The van der Waals surface area contributed by atoms with Gasteiger partial charge in [-0.05, 0) is 6.42 Å². The fourth-order valence-electron chi connectivity index (χ4n) is 5.93. The quantitative estimate of drug-likeness (QED) is 0.0365. The highest BCUT2D eigenvalue weighted by Gasteiger charge is 2.25. The van der Waals surface area contributed by atoms with Gasteiger partial charge in [0.05, 0.1) is 13.2 Å². The summed E-state index contributed by atoms with van der Waals surface area (Å²) in [5, 5.41) is 0. The predicted octanol–water partition coefficient (Wildman–Crippen LogP) is 10.9. The Morgan fingerprint density at radius 2 is 0.938 bits per heavy atom. The number of hydrogen-bond acceptors (Lipinski definition) is 8. The highest BCUT2D eigenvalue weighted by atomic mass is 31.2. The number of carbonyl (C=O) groups is 2. The molecule has 0 saturated carbocycles. The molecule has 0 aliphatic carbocycles. The van der Waals surface area contributed by atoms with Crippen LogP contribution >= 0.6 is 7.82 Å². The monoisotopic (exact) mass is 706 g/mol. The standard InChI is InChI=1S/C38H76NO8P/c1-3-4-5-6-7-8-9-10-11-12-13-14-15-16-17-18-19-20-21-22-23-24-25-26-27-28-29-30-31-38(41)44-34-37(47-36(2)40)35-46-48(42,43)45-33-32-39/h37H,3-35,39H2,1-2H3,(H,42,43)/t37-/m1/s1. The van der Waals surface area contributed by atoms with Crippen LogP contribution in [0.1, 0.15) is 200 Å². The number of phosphoric ester groups is 1. The lowest BCUT2D eigenvalue weighted by Crippen LogP contribution is -2.28. The Morgan fingerprint density at radius 3 is 1.27 bits per heavy atom. The van der Waals surface area contributed by atoms with Crippen LogP contribution in [-0.4, -0.2) is 49.3 Å². The van der Waals surface area contributed by atoms with Crippen LogP contribution in [0.25, 0.3) is 0 Å². The molecule has 286 valence electrons. The van der Waals surface area contributed by atoms with E-state index in [4.69, 9.17) is 19.7 Å². The number of unbranched alkanes of at least 4 members (excludes halogenated alkanes) is 27. The van der Waals surface area contributed by atoms with Gasteiger partial charge in [0.15, 0.2) is 6.10 Å². The van der Waals surface area contributed by atoms with Crippen molar-refractivity contribution in [1.29, 1.82) is 0 Å². The Morgan fingerprint density at radius 1 is 0.583 bits per heavy atom. The summed E-state index contributed by atoms with van der Waals surface area (Å²) in [6.45, 7) is 2.69. The molecule has 0 aromatic heterocycles. The topological polar surface area (TPSA) is 134 Å². The largest absolute Gasteiger partial charge is 0.472 e. The summed E-state index contributed by atoms with van der Waals surface area (Å²) < 4.78 is 31.4. The van der Waals surface area contributed by atoms with Crippen molar-refractivity contribution in [2.24, 2.45) is 5.73 Å². The summed E-state index contributed by atoms with van der Waals surface area (Å²) in [6, 6.07) is 0. The maximum atomic E-state index is 12.1. The molecule has 9 nitrogen and oxygen atoms in total. The van der Waals surface area contributed by atoms with Crippen LogP contribution in [0.2, 0.25) is 0 Å². The minimum absolute atomic E-state index is 0.0541. The Bertz CT molecular complexity index is 769. The van der Waals surface area contributed by atoms with E-state index < -0.39 is 32.5 Å². The minimum Gasteiger partial charge on any atom is -0.462 e. The van der Waals surface area contributed by atoms with Gasteiger partial charge in [0.2, 0.25) is 0 Å². The van der Waals surface area contributed by atoms with Gasteiger partial charge in [0.25, 0.3) is 0 Å². The third kappa shape index (κ3) is 36.3. The van der Waals surface area contributed by atoms with Crippen molar-refractivity contribution in [3.8, 4) is 0 Å². The number of nitrogens with two attached hydrogens (primary N) is 1. The number of phosphoric acid groups is 1. The normalized spacial score (nSPS) is 13.3. The van der Waals surface area contributed by atoms with Gasteiger partial charge in [-0.25, -0.2) is 4.57 Å². The highest BCUT2D eigenvalue weighted by molar-refractivity contribution is 7.47. The van der Waals surface area contributed by atoms with Crippen molar-refractivity contribution in [2.45, 2.75) is 206 Å². The Labute approximate surface area is 295 Å². The summed E-state index contributed by atoms with van der Waals surface area (Å²) in [4.78, 5) is 33.0. The van der Waals surface area contributed by atoms with Crippen LogP contribution in [-0.2, 0) is 32.7 Å². The van der Waals surface area contributed by atoms with Gasteiger partial charge in [-0.15, -0.1) is 0 Å². The molecular formula is C38H76NO8P. The van der Waals surface area contributed by atoms with E-state index in [-0.39, 0.29) is 26.2 Å². The third-order valence-corrected chi connectivity index (χ3v) is 9.78. The van der Waals surface area contributed by atoms with Crippen LogP contribution < -0.4 is 5.73 Å². The average Bonchev–Trinajstić information content (AvgIpc) is 3.06. The molecule has 0 aromatic rings. The summed E-state index contributed by atoms with van der Waals surface area (Å²) in [5.41, 5.74) is 5.24. The Kier molecular flexibility index (Phi) is 35.1. The molecule has 10 heteroatoms. The average molecular weight is 706 g/mol. The Balaban J connectivity index is 3.44. The molecular weight excluding hydrogens is 629 g/mol. The molecule has 0 bridgehead atoms. The summed E-state index contributed by atoms with van der Waals surface area (Å²) in [7, 11) is -4.32. The molecule has 48 heavy (non-hydrogen) atoms. The molecule has 2 atom stereocenters. The molecule has 3 N–H and O–H groups in total. The second-order valence-electron chi connectivity index (χ2n) is 13.6. The smallest absolute Gasteiger partial charge is 0.462 e. The lowest BCUT2D eigenvalue weighted by Gasteiger charge is -2.19. The van der Waals surface area contributed by atoms with Crippen LogP contribution in [0.3, 0.4) is 0 Å². The number of rotatable bonds is 38. The summed E-state index contributed by atoms with van der Waals surface area (Å²) >= 11 is 0. The SMILES string of the molecule is CCCCCCCCCCCCCCCCCCCCCCCCCCCCCCC(=O)OC[C@H](COP(=O)(O)OCCN)OC(C)=O. The van der Waals surface area contributed by atoms with Gasteiger partial charge in [-0.2, -0.15) is 0 Å². The van der Waals surface area contributed by atoms with E-state index in [2.05, 4.69) is 11.4 Å². The second-order valence-corrected chi connectivity index (χ2v) is 15.1. The lowest BCUT2D eigenvalue weighted by molar-refractivity contribution is -0.159.